The summed E-state index contributed by atoms with van der Waals surface area (Å²) in [6.07, 6.45) is 1.13. The highest BCUT2D eigenvalue weighted by molar-refractivity contribution is 5.93. The first kappa shape index (κ1) is 27.1. The maximum absolute atomic E-state index is 15.1. The largest absolute Gasteiger partial charge is 0.457 e. The molecule has 0 saturated carbocycles. The monoisotopic (exact) mass is 563 g/mol. The highest BCUT2D eigenvalue weighted by Crippen LogP contribution is 2.47. The van der Waals surface area contributed by atoms with E-state index in [0.717, 1.165) is 22.1 Å². The van der Waals surface area contributed by atoms with E-state index in [-0.39, 0.29) is 49.1 Å². The van der Waals surface area contributed by atoms with Crippen LogP contribution in [0.1, 0.15) is 72.9 Å². The molecule has 41 heavy (non-hydrogen) atoms. The van der Waals surface area contributed by atoms with Crippen LogP contribution in [0.25, 0.3) is 22.3 Å². The molecule has 1 aliphatic carbocycles. The first-order chi connectivity index (χ1) is 19.5. The smallest absolute Gasteiger partial charge is 0.355 e. The average Bonchev–Trinajstić information content (AvgIpc) is 3.30. The summed E-state index contributed by atoms with van der Waals surface area (Å²) in [6, 6.07) is 2.43. The summed E-state index contributed by atoms with van der Waals surface area (Å²) in [5, 5.41) is 13.9. The number of pyridine rings is 2. The molecule has 1 amide bonds. The van der Waals surface area contributed by atoms with Crippen molar-refractivity contribution >= 4 is 28.7 Å². The number of aromatic nitrogens is 2. The minimum Gasteiger partial charge on any atom is -0.457 e. The van der Waals surface area contributed by atoms with E-state index in [1.54, 1.807) is 24.5 Å². The van der Waals surface area contributed by atoms with E-state index in [1.807, 2.05) is 0 Å². The molecule has 3 aromatic rings. The van der Waals surface area contributed by atoms with Crippen molar-refractivity contribution in [2.24, 2.45) is 0 Å². The van der Waals surface area contributed by atoms with Gasteiger partial charge in [-0.15, -0.1) is 0 Å². The zero-order valence-corrected chi connectivity index (χ0v) is 23.2. The van der Waals surface area contributed by atoms with Crippen LogP contribution in [0.3, 0.4) is 0 Å². The first-order valence-electron chi connectivity index (χ1n) is 13.7. The fourth-order valence-corrected chi connectivity index (χ4v) is 6.93. The van der Waals surface area contributed by atoms with Crippen LogP contribution in [0.2, 0.25) is 0 Å². The molecule has 4 heterocycles. The Kier molecular flexibility index (Phi) is 6.25. The number of esters is 2. The third kappa shape index (κ3) is 3.82. The van der Waals surface area contributed by atoms with Gasteiger partial charge in [0, 0.05) is 42.3 Å². The van der Waals surface area contributed by atoms with Gasteiger partial charge in [-0.3, -0.25) is 14.4 Å². The predicted octanol–water partition coefficient (Wildman–Crippen LogP) is 2.62. The molecule has 10 nitrogen and oxygen atoms in total. The number of fused-ring (bicyclic) bond motifs is 5. The second-order valence-corrected chi connectivity index (χ2v) is 11.0. The Bertz CT molecular complexity index is 1750. The second-order valence-electron chi connectivity index (χ2n) is 11.0. The van der Waals surface area contributed by atoms with Crippen molar-refractivity contribution in [2.45, 2.75) is 77.7 Å². The Morgan fingerprint density at radius 1 is 1.27 bits per heavy atom. The number of benzene rings is 1. The standard InChI is InChI=1S/C30H30FN3O7/c1-5-30(41-15(4)37)20-8-24-27-18(10-34(24)28(38)19(20)12-40-29(30)39)25-17(23(11-35)32-14(3)36)7-6-16-13(2)21(31)9-22(33-27)26(16)25/h8-9,17,23,35H,5-7,10-12H2,1-4H3,(H,32,36)/t17-,23+,30+/m1/s1. The van der Waals surface area contributed by atoms with E-state index in [9.17, 15) is 24.3 Å². The van der Waals surface area contributed by atoms with Crippen molar-refractivity contribution in [1.82, 2.24) is 14.9 Å². The number of cyclic esters (lactones) is 1. The van der Waals surface area contributed by atoms with Gasteiger partial charge in [-0.05, 0) is 48.9 Å². The van der Waals surface area contributed by atoms with Gasteiger partial charge in [0.15, 0.2) is 0 Å². The van der Waals surface area contributed by atoms with Gasteiger partial charge in [0.25, 0.3) is 5.56 Å². The molecule has 0 radical (unpaired) electrons. The lowest BCUT2D eigenvalue weighted by Crippen LogP contribution is -2.47. The molecule has 2 aromatic heterocycles. The number of hydrogen-bond donors (Lipinski definition) is 2. The topological polar surface area (TPSA) is 137 Å². The summed E-state index contributed by atoms with van der Waals surface area (Å²) in [4.78, 5) is 55.9. The molecular weight excluding hydrogens is 533 g/mol. The Morgan fingerprint density at radius 2 is 2.02 bits per heavy atom. The van der Waals surface area contributed by atoms with Gasteiger partial charge in [-0.1, -0.05) is 6.92 Å². The number of hydrogen-bond acceptors (Lipinski definition) is 8. The minimum absolute atomic E-state index is 0.0510. The molecule has 11 heteroatoms. The van der Waals surface area contributed by atoms with Crippen LogP contribution in [-0.2, 0) is 49.0 Å². The van der Waals surface area contributed by atoms with Crippen molar-refractivity contribution < 1.29 is 33.4 Å². The highest BCUT2D eigenvalue weighted by atomic mass is 19.1. The number of nitrogens with zero attached hydrogens (tertiary/aromatic N) is 2. The van der Waals surface area contributed by atoms with Crippen molar-refractivity contribution in [3.05, 3.63) is 61.7 Å². The molecule has 0 fully saturated rings. The van der Waals surface area contributed by atoms with Crippen molar-refractivity contribution in [3.8, 4) is 11.4 Å². The lowest BCUT2D eigenvalue weighted by Gasteiger charge is -2.35. The summed E-state index contributed by atoms with van der Waals surface area (Å²) in [7, 11) is 0. The van der Waals surface area contributed by atoms with Crippen molar-refractivity contribution in [3.63, 3.8) is 0 Å². The van der Waals surface area contributed by atoms with E-state index < -0.39 is 35.0 Å². The summed E-state index contributed by atoms with van der Waals surface area (Å²) < 4.78 is 27.5. The van der Waals surface area contributed by atoms with Crippen molar-refractivity contribution in [2.75, 3.05) is 6.61 Å². The van der Waals surface area contributed by atoms with Gasteiger partial charge in [-0.25, -0.2) is 14.2 Å². The van der Waals surface area contributed by atoms with E-state index in [4.69, 9.17) is 14.5 Å². The fourth-order valence-electron chi connectivity index (χ4n) is 6.93. The Hall–Kier alpha value is -4.12. The van der Waals surface area contributed by atoms with Crippen LogP contribution < -0.4 is 10.9 Å². The molecule has 3 atom stereocenters. The molecule has 3 aliphatic rings. The number of carbonyl (C=O) groups excluding carboxylic acids is 3. The average molecular weight is 564 g/mol. The molecule has 1 aromatic carbocycles. The van der Waals surface area contributed by atoms with Gasteiger partial charge in [0.1, 0.15) is 12.4 Å². The number of carbonyl (C=O) groups is 3. The molecule has 0 bridgehead atoms. The SMILES string of the molecule is CC[C@@]1(OC(C)=O)C(=O)OCc2c1cc1n(c2=O)Cc2c-1nc1cc(F)c(C)c3c1c2[C@@H]([C@H](CO)NC(C)=O)CC3. The Labute approximate surface area is 234 Å². The van der Waals surface area contributed by atoms with Gasteiger partial charge in [-0.2, -0.15) is 0 Å². The number of rotatable bonds is 5. The number of nitrogens with one attached hydrogen (secondary N) is 1. The number of aryl methyl sites for hydroxylation is 1. The second kappa shape index (κ2) is 9.47. The summed E-state index contributed by atoms with van der Waals surface area (Å²) in [6.45, 7) is 5.55. The first-order valence-corrected chi connectivity index (χ1v) is 13.7. The zero-order chi connectivity index (χ0) is 29.4. The molecule has 6 rings (SSSR count). The van der Waals surface area contributed by atoms with Crippen LogP contribution in [0.15, 0.2) is 16.9 Å². The zero-order valence-electron chi connectivity index (χ0n) is 23.2. The molecule has 0 spiro atoms. The van der Waals surface area contributed by atoms with Gasteiger partial charge in [0.2, 0.25) is 11.5 Å². The number of halogens is 1. The van der Waals surface area contributed by atoms with Crippen LogP contribution >= 0.6 is 0 Å². The molecule has 0 saturated heterocycles. The highest BCUT2D eigenvalue weighted by Gasteiger charge is 2.50. The number of aliphatic hydroxyl groups is 1. The summed E-state index contributed by atoms with van der Waals surface area (Å²) in [5.74, 6) is -2.45. The lowest BCUT2D eigenvalue weighted by molar-refractivity contribution is -0.188. The van der Waals surface area contributed by atoms with E-state index >= 15 is 4.39 Å². The van der Waals surface area contributed by atoms with E-state index in [0.29, 0.717) is 35.3 Å². The van der Waals surface area contributed by atoms with Gasteiger partial charge >= 0.3 is 11.9 Å². The lowest BCUT2D eigenvalue weighted by atomic mass is 9.75. The summed E-state index contributed by atoms with van der Waals surface area (Å²) >= 11 is 0. The van der Waals surface area contributed by atoms with Crippen LogP contribution in [-0.4, -0.2) is 45.2 Å². The molecule has 214 valence electrons. The number of ether oxygens (including phenoxy) is 2. The molecule has 2 aliphatic heterocycles. The van der Waals surface area contributed by atoms with E-state index in [1.165, 1.54) is 19.9 Å². The Morgan fingerprint density at radius 3 is 2.68 bits per heavy atom. The van der Waals surface area contributed by atoms with Gasteiger partial charge in [0.05, 0.1) is 41.7 Å². The summed E-state index contributed by atoms with van der Waals surface area (Å²) in [5.41, 5.74) is 2.44. The number of amides is 1. The maximum Gasteiger partial charge on any atom is 0.355 e. The molecular formula is C30H30FN3O7. The Balaban J connectivity index is 1.66. The molecule has 0 unspecified atom stereocenters. The quantitative estimate of drug-likeness (QED) is 0.354. The predicted molar refractivity (Wildman–Crippen MR) is 145 cm³/mol. The van der Waals surface area contributed by atoms with Crippen LogP contribution in [0.5, 0.6) is 0 Å². The van der Waals surface area contributed by atoms with Crippen molar-refractivity contribution in [1.29, 1.82) is 0 Å². The van der Waals surface area contributed by atoms with Crippen LogP contribution in [0.4, 0.5) is 4.39 Å². The van der Waals surface area contributed by atoms with E-state index in [2.05, 4.69) is 5.32 Å². The fraction of sp³-hybridized carbons (Fsp3) is 0.433. The molecule has 2 N–H and O–H groups in total. The van der Waals surface area contributed by atoms with Gasteiger partial charge < -0.3 is 24.5 Å². The number of aliphatic hydroxyl groups excluding tert-OH is 1. The normalized spacial score (nSPS) is 21.0. The maximum atomic E-state index is 15.1. The minimum atomic E-state index is -1.78. The van der Waals surface area contributed by atoms with Crippen LogP contribution in [0, 0.1) is 12.7 Å². The third-order valence-electron chi connectivity index (χ3n) is 8.78. The third-order valence-corrected chi connectivity index (χ3v) is 8.78.